The number of sulfonamides is 1. The van der Waals surface area contributed by atoms with Crippen LogP contribution < -0.4 is 10.5 Å². The molecule has 2 aliphatic rings. The Balaban J connectivity index is 1.74. The van der Waals surface area contributed by atoms with Crippen molar-refractivity contribution in [3.8, 4) is 0 Å². The van der Waals surface area contributed by atoms with E-state index in [2.05, 4.69) is 17.5 Å². The van der Waals surface area contributed by atoms with Crippen molar-refractivity contribution in [1.82, 2.24) is 0 Å². The van der Waals surface area contributed by atoms with Gasteiger partial charge in [-0.15, -0.1) is 0 Å². The molecule has 3 atom stereocenters. The van der Waals surface area contributed by atoms with Crippen molar-refractivity contribution in [3.63, 3.8) is 0 Å². The molecule has 0 amide bonds. The summed E-state index contributed by atoms with van der Waals surface area (Å²) in [5.74, 6) is -0.625. The van der Waals surface area contributed by atoms with E-state index in [0.717, 1.165) is 23.2 Å². The number of hydrogen-bond acceptors (Lipinski definition) is 4. The Morgan fingerprint density at radius 3 is 2.54 bits per heavy atom. The number of fused-ring (bicyclic) bond motifs is 3. The SMILES string of the molecule is NS(=O)(=O)c1ccc2c(c1)C1C=CCC1C(c1ccc(C(=O)O)cc1)N2. The molecule has 1 aliphatic heterocycles. The molecule has 0 aromatic heterocycles. The van der Waals surface area contributed by atoms with Crippen LogP contribution >= 0.6 is 0 Å². The quantitative estimate of drug-likeness (QED) is 0.720. The maximum absolute atomic E-state index is 11.7. The molecule has 2 aromatic rings. The molecule has 0 radical (unpaired) electrons. The van der Waals surface area contributed by atoms with Crippen LogP contribution in [0.1, 0.15) is 39.9 Å². The molecule has 4 rings (SSSR count). The second kappa shape index (κ2) is 5.96. The van der Waals surface area contributed by atoms with Gasteiger partial charge in [0.2, 0.25) is 10.0 Å². The van der Waals surface area contributed by atoms with Crippen LogP contribution in [0.25, 0.3) is 0 Å². The zero-order valence-electron chi connectivity index (χ0n) is 13.8. The lowest BCUT2D eigenvalue weighted by molar-refractivity contribution is 0.0697. The number of nitrogens with one attached hydrogen (secondary N) is 1. The lowest BCUT2D eigenvalue weighted by Crippen LogP contribution is -2.29. The lowest BCUT2D eigenvalue weighted by Gasteiger charge is -2.37. The summed E-state index contributed by atoms with van der Waals surface area (Å²) >= 11 is 0. The fourth-order valence-corrected chi connectivity index (χ4v) is 4.46. The summed E-state index contributed by atoms with van der Waals surface area (Å²) in [4.78, 5) is 11.2. The predicted octanol–water partition coefficient (Wildman–Crippen LogP) is 2.86. The zero-order valence-corrected chi connectivity index (χ0v) is 14.6. The van der Waals surface area contributed by atoms with Gasteiger partial charge in [-0.25, -0.2) is 18.4 Å². The summed E-state index contributed by atoms with van der Waals surface area (Å²) < 4.78 is 23.3. The molecule has 6 nitrogen and oxygen atoms in total. The Bertz CT molecular complexity index is 1010. The van der Waals surface area contributed by atoms with Gasteiger partial charge in [0, 0.05) is 11.6 Å². The number of anilines is 1. The van der Waals surface area contributed by atoms with Gasteiger partial charge < -0.3 is 10.4 Å². The number of carboxylic acid groups (broad SMARTS) is 1. The van der Waals surface area contributed by atoms with Crippen molar-refractivity contribution in [1.29, 1.82) is 0 Å². The van der Waals surface area contributed by atoms with Crippen molar-refractivity contribution in [2.24, 2.45) is 11.1 Å². The number of carboxylic acids is 1. The van der Waals surface area contributed by atoms with E-state index in [0.29, 0.717) is 0 Å². The Morgan fingerprint density at radius 1 is 1.15 bits per heavy atom. The third kappa shape index (κ3) is 2.79. The normalized spacial score (nSPS) is 23.8. The smallest absolute Gasteiger partial charge is 0.335 e. The van der Waals surface area contributed by atoms with E-state index < -0.39 is 16.0 Å². The monoisotopic (exact) mass is 370 g/mol. The Hall–Kier alpha value is -2.64. The fourth-order valence-electron chi connectivity index (χ4n) is 3.91. The van der Waals surface area contributed by atoms with Gasteiger partial charge in [0.15, 0.2) is 0 Å². The minimum atomic E-state index is -3.75. The average molecular weight is 370 g/mol. The Labute approximate surface area is 151 Å². The predicted molar refractivity (Wildman–Crippen MR) is 97.6 cm³/mol. The van der Waals surface area contributed by atoms with Gasteiger partial charge in [-0.05, 0) is 53.8 Å². The molecule has 2 aromatic carbocycles. The summed E-state index contributed by atoms with van der Waals surface area (Å²) in [5, 5.41) is 17.8. The summed E-state index contributed by atoms with van der Waals surface area (Å²) in [6.07, 6.45) is 5.08. The second-order valence-corrected chi connectivity index (χ2v) is 8.26. The molecular formula is C19H18N2O4S. The van der Waals surface area contributed by atoms with E-state index in [-0.39, 0.29) is 28.3 Å². The molecule has 1 heterocycles. The molecule has 134 valence electrons. The maximum atomic E-state index is 11.7. The number of benzene rings is 2. The van der Waals surface area contributed by atoms with Crippen LogP contribution in [0.4, 0.5) is 5.69 Å². The second-order valence-electron chi connectivity index (χ2n) is 6.70. The molecule has 3 unspecified atom stereocenters. The van der Waals surface area contributed by atoms with Gasteiger partial charge in [-0.3, -0.25) is 0 Å². The van der Waals surface area contributed by atoms with Crippen molar-refractivity contribution < 1.29 is 18.3 Å². The van der Waals surface area contributed by atoms with E-state index in [1.165, 1.54) is 6.07 Å². The van der Waals surface area contributed by atoms with Crippen molar-refractivity contribution in [3.05, 3.63) is 71.3 Å². The number of nitrogens with two attached hydrogens (primary N) is 1. The minimum Gasteiger partial charge on any atom is -0.478 e. The number of allylic oxidation sites excluding steroid dienone is 2. The van der Waals surface area contributed by atoms with Crippen LogP contribution in [0.15, 0.2) is 59.5 Å². The highest BCUT2D eigenvalue weighted by Crippen LogP contribution is 2.50. The first kappa shape index (κ1) is 16.8. The topological polar surface area (TPSA) is 109 Å². The fraction of sp³-hybridized carbons (Fsp3) is 0.211. The number of aromatic carboxylic acids is 1. The van der Waals surface area contributed by atoms with E-state index in [1.54, 1.807) is 24.3 Å². The minimum absolute atomic E-state index is 0.0191. The van der Waals surface area contributed by atoms with Crippen LogP contribution in [0.5, 0.6) is 0 Å². The molecule has 7 heteroatoms. The van der Waals surface area contributed by atoms with Crippen LogP contribution in [0.3, 0.4) is 0 Å². The molecule has 26 heavy (non-hydrogen) atoms. The van der Waals surface area contributed by atoms with E-state index >= 15 is 0 Å². The summed E-state index contributed by atoms with van der Waals surface area (Å²) in [5.41, 5.74) is 3.06. The van der Waals surface area contributed by atoms with Crippen LogP contribution in [0.2, 0.25) is 0 Å². The van der Waals surface area contributed by atoms with Crippen LogP contribution in [-0.4, -0.2) is 19.5 Å². The van der Waals surface area contributed by atoms with Gasteiger partial charge in [0.1, 0.15) is 0 Å². The molecule has 0 saturated heterocycles. The summed E-state index contributed by atoms with van der Waals surface area (Å²) in [6.45, 7) is 0. The van der Waals surface area contributed by atoms with E-state index in [4.69, 9.17) is 10.2 Å². The number of hydrogen-bond donors (Lipinski definition) is 3. The van der Waals surface area contributed by atoms with E-state index in [9.17, 15) is 13.2 Å². The molecule has 0 bridgehead atoms. The maximum Gasteiger partial charge on any atom is 0.335 e. The first-order valence-corrected chi connectivity index (χ1v) is 9.82. The van der Waals surface area contributed by atoms with Crippen LogP contribution in [0, 0.1) is 5.92 Å². The number of rotatable bonds is 3. The van der Waals surface area contributed by atoms with Gasteiger partial charge in [-0.2, -0.15) is 0 Å². The third-order valence-electron chi connectivity index (χ3n) is 5.18. The summed E-state index contributed by atoms with van der Waals surface area (Å²) in [6, 6.07) is 11.8. The van der Waals surface area contributed by atoms with Gasteiger partial charge >= 0.3 is 5.97 Å². The van der Waals surface area contributed by atoms with Gasteiger partial charge in [0.25, 0.3) is 0 Å². The molecule has 0 fully saturated rings. The highest BCUT2D eigenvalue weighted by molar-refractivity contribution is 7.89. The highest BCUT2D eigenvalue weighted by atomic mass is 32.2. The van der Waals surface area contributed by atoms with E-state index in [1.807, 2.05) is 12.1 Å². The molecule has 1 aliphatic carbocycles. The Kier molecular flexibility index (Phi) is 3.86. The van der Waals surface area contributed by atoms with Crippen LogP contribution in [-0.2, 0) is 10.0 Å². The molecule has 0 spiro atoms. The first-order valence-electron chi connectivity index (χ1n) is 8.28. The summed E-state index contributed by atoms with van der Waals surface area (Å²) in [7, 11) is -3.75. The average Bonchev–Trinajstić information content (AvgIpc) is 3.10. The zero-order chi connectivity index (χ0) is 18.5. The van der Waals surface area contributed by atoms with Crippen molar-refractivity contribution in [2.75, 3.05) is 5.32 Å². The number of primary sulfonamides is 1. The van der Waals surface area contributed by atoms with Crippen molar-refractivity contribution in [2.45, 2.75) is 23.3 Å². The van der Waals surface area contributed by atoms with Crippen molar-refractivity contribution >= 4 is 21.7 Å². The van der Waals surface area contributed by atoms with Gasteiger partial charge in [-0.1, -0.05) is 24.3 Å². The standard InChI is InChI=1S/C19H18N2O4S/c20-26(24,25)13-8-9-17-16(10-13)14-2-1-3-15(14)18(21-17)11-4-6-12(7-5-11)19(22)23/h1-2,4-10,14-15,18,21H,3H2,(H,22,23)(H2,20,24,25). The lowest BCUT2D eigenvalue weighted by atomic mass is 9.77. The molecule has 0 saturated carbocycles. The third-order valence-corrected chi connectivity index (χ3v) is 6.09. The largest absolute Gasteiger partial charge is 0.478 e. The first-order chi connectivity index (χ1) is 12.3. The Morgan fingerprint density at radius 2 is 1.88 bits per heavy atom. The molecular weight excluding hydrogens is 352 g/mol. The van der Waals surface area contributed by atoms with Gasteiger partial charge in [0.05, 0.1) is 16.5 Å². The molecule has 4 N–H and O–H groups in total. The number of carbonyl (C=O) groups is 1. The highest BCUT2D eigenvalue weighted by Gasteiger charge is 2.38.